The van der Waals surface area contributed by atoms with Crippen molar-refractivity contribution >= 4 is 17.0 Å². The molecule has 29 heavy (non-hydrogen) atoms. The fourth-order valence-electron chi connectivity index (χ4n) is 2.72. The van der Waals surface area contributed by atoms with E-state index in [4.69, 9.17) is 4.74 Å². The number of thiophene rings is 1. The van der Waals surface area contributed by atoms with Crippen LogP contribution in [0.25, 0.3) is 0 Å². The number of rotatable bonds is 10. The van der Waals surface area contributed by atoms with Gasteiger partial charge in [0.25, 0.3) is 0 Å². The third kappa shape index (κ3) is 9.21. The van der Waals surface area contributed by atoms with Crippen LogP contribution in [-0.2, 0) is 6.54 Å². The van der Waals surface area contributed by atoms with E-state index in [1.54, 1.807) is 11.3 Å². The quantitative estimate of drug-likeness (QED) is 0.468. The zero-order valence-electron chi connectivity index (χ0n) is 18.4. The number of allylic oxidation sites excluding steroid dienone is 1. The molecule has 0 atom stereocenters. The van der Waals surface area contributed by atoms with Crippen molar-refractivity contribution in [2.45, 2.75) is 34.2 Å². The first-order valence-corrected chi connectivity index (χ1v) is 11.2. The Morgan fingerprint density at radius 1 is 1.21 bits per heavy atom. The van der Waals surface area contributed by atoms with Crippen molar-refractivity contribution in [3.8, 4) is 17.6 Å². The molecular weight excluding hydrogens is 376 g/mol. The zero-order valence-corrected chi connectivity index (χ0v) is 19.3. The van der Waals surface area contributed by atoms with E-state index < -0.39 is 0 Å². The number of hydrogen-bond donors (Lipinski definition) is 0. The van der Waals surface area contributed by atoms with Crippen LogP contribution in [0, 0.1) is 17.3 Å². The van der Waals surface area contributed by atoms with Crippen LogP contribution in [-0.4, -0.2) is 38.2 Å². The van der Waals surface area contributed by atoms with Crippen molar-refractivity contribution in [3.05, 3.63) is 58.8 Å². The van der Waals surface area contributed by atoms with Crippen LogP contribution in [0.1, 0.15) is 33.3 Å². The van der Waals surface area contributed by atoms with Gasteiger partial charge >= 0.3 is 0 Å². The lowest BCUT2D eigenvalue weighted by Gasteiger charge is -2.20. The van der Waals surface area contributed by atoms with Crippen LogP contribution in [0.3, 0.4) is 0 Å². The lowest BCUT2D eigenvalue weighted by molar-refractivity contribution is 0.307. The third-order valence-corrected chi connectivity index (χ3v) is 5.08. The Morgan fingerprint density at radius 2 is 2.03 bits per heavy atom. The van der Waals surface area contributed by atoms with Crippen LogP contribution in [0.5, 0.6) is 5.75 Å². The van der Waals surface area contributed by atoms with E-state index in [-0.39, 0.29) is 5.41 Å². The van der Waals surface area contributed by atoms with E-state index in [0.29, 0.717) is 6.61 Å². The van der Waals surface area contributed by atoms with Crippen molar-refractivity contribution < 1.29 is 4.74 Å². The van der Waals surface area contributed by atoms with E-state index in [1.165, 1.54) is 11.3 Å². The van der Waals surface area contributed by atoms with Gasteiger partial charge in [0.05, 0.1) is 6.54 Å². The van der Waals surface area contributed by atoms with Gasteiger partial charge in [0.2, 0.25) is 0 Å². The van der Waals surface area contributed by atoms with Gasteiger partial charge in [-0.15, -0.1) is 0 Å². The number of nitrogens with zero attached hydrogens (tertiary/aromatic N) is 2. The smallest absolute Gasteiger partial charge is 0.119 e. The van der Waals surface area contributed by atoms with E-state index in [0.717, 1.165) is 31.9 Å². The molecule has 0 saturated heterocycles. The Balaban J connectivity index is 1.82. The van der Waals surface area contributed by atoms with E-state index in [9.17, 15) is 0 Å². The summed E-state index contributed by atoms with van der Waals surface area (Å²) in [5.74, 6) is 7.31. The summed E-state index contributed by atoms with van der Waals surface area (Å²) in [5, 5.41) is 4.26. The molecule has 0 fully saturated rings. The Labute approximate surface area is 181 Å². The number of anilines is 1. The molecule has 2 aromatic rings. The lowest BCUT2D eigenvalue weighted by Crippen LogP contribution is -2.23. The normalized spacial score (nSPS) is 11.5. The standard InChI is InChI=1S/C25H34N2OS/c1-6-27(15-9-7-8-14-25(2,3)4)20-22-11-10-12-24(19-22)28-17-16-26(5)23-13-18-29-21-23/h7,9-13,18-19,21H,6,15-17,20H2,1-5H3/b9-7+. The van der Waals surface area contributed by atoms with Crippen LogP contribution in [0.15, 0.2) is 53.2 Å². The summed E-state index contributed by atoms with van der Waals surface area (Å²) in [5.41, 5.74) is 2.56. The molecule has 156 valence electrons. The molecule has 0 N–H and O–H groups in total. The van der Waals surface area contributed by atoms with Gasteiger partial charge in [-0.1, -0.05) is 37.0 Å². The van der Waals surface area contributed by atoms with Gasteiger partial charge in [0, 0.05) is 36.6 Å². The maximum absolute atomic E-state index is 5.99. The minimum absolute atomic E-state index is 0.0493. The summed E-state index contributed by atoms with van der Waals surface area (Å²) < 4.78 is 5.99. The van der Waals surface area contributed by atoms with Gasteiger partial charge in [-0.2, -0.15) is 11.3 Å². The van der Waals surface area contributed by atoms with Gasteiger partial charge in [0.15, 0.2) is 0 Å². The SMILES string of the molecule is CCN(C/C=C/C#CC(C)(C)C)Cc1cccc(OCCN(C)c2ccsc2)c1. The second kappa shape index (κ2) is 11.7. The molecular formula is C25H34N2OS. The first-order chi connectivity index (χ1) is 13.9. The molecule has 0 amide bonds. The van der Waals surface area contributed by atoms with Crippen molar-refractivity contribution in [1.29, 1.82) is 0 Å². The molecule has 2 rings (SSSR count). The van der Waals surface area contributed by atoms with E-state index in [1.807, 2.05) is 12.1 Å². The number of ether oxygens (including phenoxy) is 1. The van der Waals surface area contributed by atoms with Crippen LogP contribution in [0.2, 0.25) is 0 Å². The van der Waals surface area contributed by atoms with Crippen LogP contribution < -0.4 is 9.64 Å². The minimum Gasteiger partial charge on any atom is -0.492 e. The minimum atomic E-state index is 0.0493. The lowest BCUT2D eigenvalue weighted by atomic mass is 9.98. The fourth-order valence-corrected chi connectivity index (χ4v) is 3.41. The molecule has 0 aliphatic rings. The molecule has 0 aliphatic heterocycles. The summed E-state index contributed by atoms with van der Waals surface area (Å²) in [6.45, 7) is 12.9. The third-order valence-electron chi connectivity index (χ3n) is 4.41. The maximum Gasteiger partial charge on any atom is 0.119 e. The number of benzene rings is 1. The Morgan fingerprint density at radius 3 is 2.72 bits per heavy atom. The highest BCUT2D eigenvalue weighted by molar-refractivity contribution is 7.08. The average molecular weight is 411 g/mol. The molecule has 1 aromatic carbocycles. The maximum atomic E-state index is 5.99. The first kappa shape index (κ1) is 23.1. The summed E-state index contributed by atoms with van der Waals surface area (Å²) in [7, 11) is 2.10. The predicted molar refractivity (Wildman–Crippen MR) is 127 cm³/mol. The highest BCUT2D eigenvalue weighted by Crippen LogP contribution is 2.18. The molecule has 1 aromatic heterocycles. The summed E-state index contributed by atoms with van der Waals surface area (Å²) >= 11 is 1.72. The van der Waals surface area contributed by atoms with Gasteiger partial charge in [-0.25, -0.2) is 0 Å². The topological polar surface area (TPSA) is 15.7 Å². The summed E-state index contributed by atoms with van der Waals surface area (Å²) in [6, 6.07) is 10.6. The first-order valence-electron chi connectivity index (χ1n) is 10.2. The van der Waals surface area contributed by atoms with Crippen LogP contribution in [0.4, 0.5) is 5.69 Å². The predicted octanol–water partition coefficient (Wildman–Crippen LogP) is 5.69. The van der Waals surface area contributed by atoms with Crippen molar-refractivity contribution in [2.75, 3.05) is 38.2 Å². The van der Waals surface area contributed by atoms with Crippen LogP contribution >= 0.6 is 11.3 Å². The zero-order chi connectivity index (χ0) is 21.1. The Hall–Kier alpha value is -2.22. The molecule has 1 heterocycles. The molecule has 0 aliphatic carbocycles. The molecule has 0 unspecified atom stereocenters. The van der Waals surface area contributed by atoms with Gasteiger partial charge in [-0.3, -0.25) is 4.90 Å². The van der Waals surface area contributed by atoms with Crippen molar-refractivity contribution in [2.24, 2.45) is 5.41 Å². The van der Waals surface area contributed by atoms with Crippen molar-refractivity contribution in [1.82, 2.24) is 4.90 Å². The van der Waals surface area contributed by atoms with Gasteiger partial charge < -0.3 is 9.64 Å². The van der Waals surface area contributed by atoms with Gasteiger partial charge in [0.1, 0.15) is 12.4 Å². The highest BCUT2D eigenvalue weighted by atomic mass is 32.1. The molecule has 0 bridgehead atoms. The average Bonchev–Trinajstić information content (AvgIpc) is 3.21. The molecule has 3 nitrogen and oxygen atoms in total. The number of likely N-dealkylation sites (N-methyl/N-ethyl adjacent to an activating group) is 2. The monoisotopic (exact) mass is 410 g/mol. The van der Waals surface area contributed by atoms with Gasteiger partial charge in [-0.05, 0) is 62.5 Å². The second-order valence-corrected chi connectivity index (χ2v) is 8.93. The number of hydrogen-bond acceptors (Lipinski definition) is 4. The largest absolute Gasteiger partial charge is 0.492 e. The molecule has 4 heteroatoms. The molecule has 0 saturated carbocycles. The fraction of sp³-hybridized carbons (Fsp3) is 0.440. The molecule has 0 spiro atoms. The second-order valence-electron chi connectivity index (χ2n) is 8.15. The Kier molecular flexibility index (Phi) is 9.31. The van der Waals surface area contributed by atoms with E-state index in [2.05, 4.69) is 97.5 Å². The van der Waals surface area contributed by atoms with Crippen molar-refractivity contribution in [3.63, 3.8) is 0 Å². The Bertz CT molecular complexity index is 809. The summed E-state index contributed by atoms with van der Waals surface area (Å²) in [6.07, 6.45) is 4.11. The molecule has 0 radical (unpaired) electrons. The summed E-state index contributed by atoms with van der Waals surface area (Å²) in [4.78, 5) is 4.60. The van der Waals surface area contributed by atoms with E-state index >= 15 is 0 Å². The highest BCUT2D eigenvalue weighted by Gasteiger charge is 2.05.